The molecule has 0 aliphatic carbocycles. The molecule has 0 bridgehead atoms. The second-order valence-corrected chi connectivity index (χ2v) is 11.1. The summed E-state index contributed by atoms with van der Waals surface area (Å²) >= 11 is 0. The minimum Gasteiger partial charge on any atom is -0.350 e. The van der Waals surface area contributed by atoms with Crippen LogP contribution in [0, 0.1) is 160 Å². The number of rotatable bonds is 15. The maximum atomic E-state index is 12.8. The van der Waals surface area contributed by atoms with Gasteiger partial charge in [-0.2, -0.15) is 0 Å². The highest BCUT2D eigenvalue weighted by Gasteiger charge is 2.42. The summed E-state index contributed by atoms with van der Waals surface area (Å²) < 4.78 is 12.7. The van der Waals surface area contributed by atoms with Crippen molar-refractivity contribution in [3.8, 4) is 142 Å². The predicted octanol–water partition coefficient (Wildman–Crippen LogP) is 4.55. The molecule has 1 aliphatic rings. The second kappa shape index (κ2) is 30.8. The van der Waals surface area contributed by atoms with Gasteiger partial charge in [0.05, 0.1) is 18.8 Å². The van der Waals surface area contributed by atoms with Crippen molar-refractivity contribution >= 4 is 5.91 Å². The molecule has 266 valence electrons. The average molecular weight is 707 g/mol. The Morgan fingerprint density at radius 1 is 0.685 bits per heavy atom. The van der Waals surface area contributed by atoms with Crippen LogP contribution in [0.2, 0.25) is 0 Å². The molecule has 3 N–H and O–H groups in total. The largest absolute Gasteiger partial charge is 0.350 e. The van der Waals surface area contributed by atoms with Gasteiger partial charge in [0, 0.05) is 59.3 Å². The summed E-state index contributed by atoms with van der Waals surface area (Å²) in [5, 5.41) is 2.90. The van der Waals surface area contributed by atoms with E-state index in [9.17, 15) is 4.79 Å². The highest BCUT2D eigenvalue weighted by Crippen LogP contribution is 2.39. The molecular formula is C49H42N2O3. The number of hydrogen-bond donors (Lipinski definition) is 2. The Hall–Kier alpha value is -6.97. The zero-order valence-corrected chi connectivity index (χ0v) is 30.9. The molecule has 1 heterocycles. The van der Waals surface area contributed by atoms with E-state index < -0.39 is 18.2 Å². The first-order valence-corrected chi connectivity index (χ1v) is 17.2. The first-order chi connectivity index (χ1) is 26.5. The second-order valence-electron chi connectivity index (χ2n) is 11.1. The number of allylic oxidation sites excluding steroid dienone is 1. The molecule has 0 aromatic rings. The van der Waals surface area contributed by atoms with Gasteiger partial charge >= 0.3 is 0 Å². The van der Waals surface area contributed by atoms with Gasteiger partial charge in [0.15, 0.2) is 6.29 Å². The van der Waals surface area contributed by atoms with Gasteiger partial charge in [-0.15, -0.1) is 26.3 Å². The van der Waals surface area contributed by atoms with Crippen LogP contribution in [0.4, 0.5) is 0 Å². The minimum atomic E-state index is -0.619. The first kappa shape index (κ1) is 45.1. The molecule has 54 heavy (non-hydrogen) atoms. The van der Waals surface area contributed by atoms with Crippen LogP contribution in [0.1, 0.15) is 52.4 Å². The third kappa shape index (κ3) is 20.0. The molecular weight excluding hydrogens is 665 g/mol. The maximum Gasteiger partial charge on any atom is 0.297 e. The average Bonchev–Trinajstić information content (AvgIpc) is 3.17. The number of hydrogen-bond acceptors (Lipinski definition) is 4. The van der Waals surface area contributed by atoms with E-state index in [-0.39, 0.29) is 36.5 Å². The predicted molar refractivity (Wildman–Crippen MR) is 218 cm³/mol. The summed E-state index contributed by atoms with van der Waals surface area (Å²) in [7, 11) is 0. The Balaban J connectivity index is 2.83. The molecule has 2 unspecified atom stereocenters. The van der Waals surface area contributed by atoms with E-state index in [0.29, 0.717) is 12.8 Å². The van der Waals surface area contributed by atoms with E-state index in [1.807, 2.05) is 24.3 Å². The Labute approximate surface area is 324 Å². The molecule has 0 saturated carbocycles. The third-order valence-corrected chi connectivity index (χ3v) is 7.43. The number of amides is 1. The fourth-order valence-electron chi connectivity index (χ4n) is 4.92. The van der Waals surface area contributed by atoms with Crippen LogP contribution >= 0.6 is 0 Å². The van der Waals surface area contributed by atoms with E-state index >= 15 is 0 Å². The van der Waals surface area contributed by atoms with Crippen LogP contribution in [0.3, 0.4) is 0 Å². The Kier molecular flexibility index (Phi) is 25.7. The van der Waals surface area contributed by atoms with Gasteiger partial charge in [0.1, 0.15) is 0 Å². The number of carbonyl (C=O) groups is 1. The smallest absolute Gasteiger partial charge is 0.297 e. The maximum absolute atomic E-state index is 12.8. The number of unbranched alkanes of at least 4 members (excludes halogenated alkanes) is 3. The van der Waals surface area contributed by atoms with Crippen molar-refractivity contribution in [3.63, 3.8) is 0 Å². The molecule has 0 aromatic heterocycles. The van der Waals surface area contributed by atoms with Gasteiger partial charge in [-0.25, -0.2) is 0 Å². The van der Waals surface area contributed by atoms with Gasteiger partial charge in [0.2, 0.25) is 0 Å². The molecule has 5 nitrogen and oxygen atoms in total. The van der Waals surface area contributed by atoms with Crippen LogP contribution in [-0.2, 0) is 14.3 Å². The van der Waals surface area contributed by atoms with Crippen LogP contribution in [0.25, 0.3) is 0 Å². The molecule has 0 radical (unpaired) electrons. The van der Waals surface area contributed by atoms with E-state index in [2.05, 4.69) is 181 Å². The summed E-state index contributed by atoms with van der Waals surface area (Å²) in [6.07, 6.45) is 12.1. The quantitative estimate of drug-likeness (QED) is 0.149. The first-order valence-electron chi connectivity index (χ1n) is 17.2. The normalized spacial score (nSPS) is 17.4. The summed E-state index contributed by atoms with van der Waals surface area (Å²) in [5.74, 6) is 60.0. The van der Waals surface area contributed by atoms with Crippen molar-refractivity contribution in [1.29, 1.82) is 0 Å². The number of nitrogens with one attached hydrogen (secondary N) is 1. The van der Waals surface area contributed by atoms with Crippen LogP contribution in [-0.4, -0.2) is 37.0 Å². The monoisotopic (exact) mass is 706 g/mol. The van der Waals surface area contributed by atoms with Crippen LogP contribution < -0.4 is 11.1 Å². The Morgan fingerprint density at radius 3 is 1.57 bits per heavy atom. The fourth-order valence-corrected chi connectivity index (χ4v) is 4.92. The Morgan fingerprint density at radius 2 is 1.15 bits per heavy atom. The van der Waals surface area contributed by atoms with Crippen molar-refractivity contribution in [1.82, 2.24) is 5.32 Å². The van der Waals surface area contributed by atoms with Crippen LogP contribution in [0.5, 0.6) is 0 Å². The van der Waals surface area contributed by atoms with Crippen LogP contribution in [0.15, 0.2) is 50.6 Å². The molecule has 0 spiro atoms. The topological polar surface area (TPSA) is 73.6 Å². The summed E-state index contributed by atoms with van der Waals surface area (Å²) in [6.45, 7) is 19.9. The van der Waals surface area contributed by atoms with Gasteiger partial charge in [-0.05, 0) is 120 Å². The minimum absolute atomic E-state index is 0.00885. The highest BCUT2D eigenvalue weighted by molar-refractivity contribution is 5.94. The molecule has 1 rings (SSSR count). The molecule has 1 amide bonds. The van der Waals surface area contributed by atoms with E-state index in [4.69, 9.17) is 15.2 Å². The zero-order valence-electron chi connectivity index (χ0n) is 30.9. The van der Waals surface area contributed by atoms with Crippen molar-refractivity contribution in [2.45, 2.75) is 76.9 Å². The SMILES string of the molecule is C=CCC1O[C@@H](OC[C@H](NC(=O)C#CC#CC#CC#CC#CC#CC#CC#CC#CC#CC#CC#CC)[C@H](N)CCCCCC)[C@H](C=C)C(C=C)[C@H]1C=C. The van der Waals surface area contributed by atoms with E-state index in [1.54, 1.807) is 6.92 Å². The lowest BCUT2D eigenvalue weighted by Crippen LogP contribution is -2.52. The van der Waals surface area contributed by atoms with Gasteiger partial charge < -0.3 is 20.5 Å². The Bertz CT molecular complexity index is 2140. The van der Waals surface area contributed by atoms with Gasteiger partial charge in [-0.1, -0.05) is 62.8 Å². The summed E-state index contributed by atoms with van der Waals surface area (Å²) in [5.41, 5.74) is 6.57. The van der Waals surface area contributed by atoms with E-state index in [1.165, 1.54) is 0 Å². The van der Waals surface area contributed by atoms with Crippen molar-refractivity contribution < 1.29 is 14.3 Å². The number of ether oxygens (including phenoxy) is 2. The summed E-state index contributed by atoms with van der Waals surface area (Å²) in [4.78, 5) is 12.8. The molecule has 0 aromatic carbocycles. The zero-order chi connectivity index (χ0) is 39.5. The molecule has 1 aliphatic heterocycles. The van der Waals surface area contributed by atoms with E-state index in [0.717, 1.165) is 25.7 Å². The van der Waals surface area contributed by atoms with Crippen molar-refractivity contribution in [2.24, 2.45) is 23.5 Å². The number of carbonyl (C=O) groups excluding carboxylic acids is 1. The van der Waals surface area contributed by atoms with Gasteiger partial charge in [-0.3, -0.25) is 4.79 Å². The molecule has 7 atom stereocenters. The fraction of sp³-hybridized carbons (Fsp3) is 0.327. The lowest BCUT2D eigenvalue weighted by molar-refractivity contribution is -0.235. The standard InChI is InChI=1S/C49H42N2O3/c1-7-13-15-17-18-19-20-21-22-23-24-25-26-27-28-29-30-31-32-33-34-35-37-40-48(52)51-46(45(50)39-36-16-14-8-2)41-53-49-44(12-6)42(10-4)43(11-5)47(54-49)38-9-3/h9-12,42-47,49H,3-6,8,14,16,36,38-39,41,50H2,1-2H3,(H,51,52)/t42?,43-,44-,45-,46+,47?,49-/m1/s1. The van der Waals surface area contributed by atoms with Crippen molar-refractivity contribution in [2.75, 3.05) is 6.61 Å². The molecule has 1 fully saturated rings. The highest BCUT2D eigenvalue weighted by atomic mass is 16.7. The number of nitrogens with two attached hydrogens (primary N) is 1. The third-order valence-electron chi connectivity index (χ3n) is 7.43. The molecule has 1 saturated heterocycles. The molecule has 5 heteroatoms. The summed E-state index contributed by atoms with van der Waals surface area (Å²) in [6, 6.07) is -0.877. The van der Waals surface area contributed by atoms with Crippen molar-refractivity contribution in [3.05, 3.63) is 50.6 Å². The van der Waals surface area contributed by atoms with Gasteiger partial charge in [0.25, 0.3) is 5.91 Å². The lowest BCUT2D eigenvalue weighted by Gasteiger charge is -2.44. The lowest BCUT2D eigenvalue weighted by atomic mass is 9.75.